The summed E-state index contributed by atoms with van der Waals surface area (Å²) < 4.78 is 20.9. The SMILES string of the molecule is O=c1c(O)c(-c2ccc(O)c(O)c2)oc2cc(O)c([C@]3(O)[C@H](O)[C@@H](COC4OC[C@H](O)C(O)C4O)O[C@@H](O)[C@@H]3O)c(O)c12. The number of benzene rings is 2. The van der Waals surface area contributed by atoms with Gasteiger partial charge in [0.15, 0.2) is 35.4 Å². The van der Waals surface area contributed by atoms with Crippen molar-refractivity contribution in [2.75, 3.05) is 13.2 Å². The number of aromatic hydroxyl groups is 5. The number of hydrogen-bond donors (Lipinski definition) is 12. The number of phenols is 4. The van der Waals surface area contributed by atoms with Crippen molar-refractivity contribution in [1.82, 2.24) is 0 Å². The fraction of sp³-hybridized carbons (Fsp3) is 0.423. The molecular weight excluding hydrogens is 584 g/mol. The summed E-state index contributed by atoms with van der Waals surface area (Å²) in [5.74, 6) is -5.11. The summed E-state index contributed by atoms with van der Waals surface area (Å²) in [7, 11) is 0. The van der Waals surface area contributed by atoms with Gasteiger partial charge in [-0.05, 0) is 18.2 Å². The second kappa shape index (κ2) is 11.1. The lowest BCUT2D eigenvalue weighted by molar-refractivity contribution is -0.339. The number of phenolic OH excluding ortho intramolecular Hbond substituents is 4. The van der Waals surface area contributed by atoms with Gasteiger partial charge in [-0.3, -0.25) is 4.79 Å². The van der Waals surface area contributed by atoms with Crippen LogP contribution in [-0.4, -0.2) is 124 Å². The predicted octanol–water partition coefficient (Wildman–Crippen LogP) is -2.93. The number of aliphatic hydroxyl groups is 7. The van der Waals surface area contributed by atoms with Crippen molar-refractivity contribution in [3.63, 3.8) is 0 Å². The van der Waals surface area contributed by atoms with Gasteiger partial charge in [-0.1, -0.05) is 0 Å². The monoisotopic (exact) mass is 612 g/mol. The molecule has 0 amide bonds. The molecule has 12 N–H and O–H groups in total. The van der Waals surface area contributed by atoms with E-state index >= 15 is 0 Å². The minimum absolute atomic E-state index is 0.0937. The normalized spacial score (nSPS) is 33.1. The summed E-state index contributed by atoms with van der Waals surface area (Å²) in [4.78, 5) is 13.2. The summed E-state index contributed by atoms with van der Waals surface area (Å²) in [5, 5.41) is 124. The molecule has 3 heterocycles. The van der Waals surface area contributed by atoms with E-state index in [9.17, 15) is 66.1 Å². The fourth-order valence-electron chi connectivity index (χ4n) is 5.11. The Balaban J connectivity index is 1.54. The second-order valence-corrected chi connectivity index (χ2v) is 10.2. The molecule has 0 saturated carbocycles. The van der Waals surface area contributed by atoms with E-state index in [1.165, 1.54) is 6.07 Å². The van der Waals surface area contributed by atoms with Crippen molar-refractivity contribution >= 4 is 11.0 Å². The van der Waals surface area contributed by atoms with E-state index in [0.717, 1.165) is 12.1 Å². The standard InChI is InChI=1S/C26H28O17/c27-8-2-1-7(3-9(8)28)21-19(34)18(33)14-12(42-21)4-10(29)15(17(14)32)26(39)22(36)13(43-24(38)23(26)37)6-41-25-20(35)16(31)11(30)5-40-25/h1-4,11,13,16,20,22-25,27-32,34-39H,5-6H2/t11-,13+,16?,20?,22+,23-,24+,25?,26-/m0/s1. The van der Waals surface area contributed by atoms with Crippen LogP contribution in [0.5, 0.6) is 28.7 Å². The molecule has 0 spiro atoms. The van der Waals surface area contributed by atoms with Crippen molar-refractivity contribution in [2.24, 2.45) is 0 Å². The Morgan fingerprint density at radius 2 is 1.56 bits per heavy atom. The highest BCUT2D eigenvalue weighted by molar-refractivity contribution is 5.90. The third-order valence-corrected chi connectivity index (χ3v) is 7.47. The van der Waals surface area contributed by atoms with E-state index in [-0.39, 0.29) is 5.56 Å². The topological polar surface area (TPSA) is 301 Å². The molecule has 17 nitrogen and oxygen atoms in total. The van der Waals surface area contributed by atoms with Crippen LogP contribution in [0.3, 0.4) is 0 Å². The van der Waals surface area contributed by atoms with Gasteiger partial charge in [-0.25, -0.2) is 0 Å². The van der Waals surface area contributed by atoms with Crippen LogP contribution in [0.15, 0.2) is 33.5 Å². The van der Waals surface area contributed by atoms with E-state index in [0.29, 0.717) is 6.07 Å². The van der Waals surface area contributed by atoms with Crippen LogP contribution in [0.2, 0.25) is 0 Å². The lowest BCUT2D eigenvalue weighted by Gasteiger charge is -2.47. The number of aliphatic hydroxyl groups excluding tert-OH is 6. The largest absolute Gasteiger partial charge is 0.507 e. The molecule has 2 aromatic carbocycles. The highest BCUT2D eigenvalue weighted by Gasteiger charge is 2.58. The first-order valence-corrected chi connectivity index (χ1v) is 12.6. The van der Waals surface area contributed by atoms with Crippen LogP contribution in [0.1, 0.15) is 5.56 Å². The molecule has 0 bridgehead atoms. The van der Waals surface area contributed by atoms with Gasteiger partial charge in [-0.15, -0.1) is 0 Å². The Morgan fingerprint density at radius 3 is 2.23 bits per heavy atom. The molecule has 3 aromatic rings. The first-order chi connectivity index (χ1) is 20.2. The maximum absolute atomic E-state index is 13.2. The van der Waals surface area contributed by atoms with Gasteiger partial charge in [0.25, 0.3) is 0 Å². The average Bonchev–Trinajstić information content (AvgIpc) is 2.96. The lowest BCUT2D eigenvalue weighted by Crippen LogP contribution is -2.65. The van der Waals surface area contributed by atoms with Crippen molar-refractivity contribution in [3.8, 4) is 40.1 Å². The molecule has 43 heavy (non-hydrogen) atoms. The molecule has 5 rings (SSSR count). The molecule has 0 aliphatic carbocycles. The highest BCUT2D eigenvalue weighted by atomic mass is 16.7. The molecule has 2 aliphatic heterocycles. The van der Waals surface area contributed by atoms with E-state index < -0.39 is 124 Å². The molecule has 9 atom stereocenters. The van der Waals surface area contributed by atoms with Gasteiger partial charge in [0, 0.05) is 11.6 Å². The maximum Gasteiger partial charge on any atom is 0.238 e. The highest BCUT2D eigenvalue weighted by Crippen LogP contribution is 2.49. The van der Waals surface area contributed by atoms with E-state index in [2.05, 4.69) is 0 Å². The van der Waals surface area contributed by atoms with E-state index in [1.807, 2.05) is 0 Å². The smallest absolute Gasteiger partial charge is 0.238 e. The van der Waals surface area contributed by atoms with Crippen molar-refractivity contribution in [1.29, 1.82) is 0 Å². The number of ether oxygens (including phenoxy) is 3. The van der Waals surface area contributed by atoms with Gasteiger partial charge in [-0.2, -0.15) is 0 Å². The lowest BCUT2D eigenvalue weighted by atomic mass is 9.77. The van der Waals surface area contributed by atoms with E-state index in [4.69, 9.17) is 18.6 Å². The predicted molar refractivity (Wildman–Crippen MR) is 137 cm³/mol. The number of rotatable bonds is 5. The van der Waals surface area contributed by atoms with Gasteiger partial charge in [0.1, 0.15) is 59.1 Å². The van der Waals surface area contributed by atoms with Crippen LogP contribution in [-0.2, 0) is 19.8 Å². The van der Waals surface area contributed by atoms with E-state index in [1.54, 1.807) is 0 Å². The Bertz CT molecular complexity index is 1590. The summed E-state index contributed by atoms with van der Waals surface area (Å²) in [5.41, 5.74) is -6.22. The van der Waals surface area contributed by atoms with Gasteiger partial charge in [0.05, 0.1) is 18.8 Å². The zero-order chi connectivity index (χ0) is 31.5. The average molecular weight is 612 g/mol. The first kappa shape index (κ1) is 30.7. The number of hydrogen-bond acceptors (Lipinski definition) is 17. The zero-order valence-electron chi connectivity index (χ0n) is 21.8. The summed E-state index contributed by atoms with van der Waals surface area (Å²) in [6, 6.07) is 3.87. The van der Waals surface area contributed by atoms with Crippen LogP contribution in [0, 0.1) is 0 Å². The third-order valence-electron chi connectivity index (χ3n) is 7.47. The zero-order valence-corrected chi connectivity index (χ0v) is 21.8. The Labute approximate surface area is 239 Å². The molecule has 0 radical (unpaired) electrons. The molecular formula is C26H28O17. The third kappa shape index (κ3) is 4.90. The van der Waals surface area contributed by atoms with Gasteiger partial charge in [0.2, 0.25) is 11.2 Å². The minimum Gasteiger partial charge on any atom is -0.507 e. The molecule has 1 aromatic heterocycles. The van der Waals surface area contributed by atoms with Crippen molar-refractivity contribution in [2.45, 2.75) is 54.8 Å². The maximum atomic E-state index is 13.2. The Kier molecular flexibility index (Phi) is 7.90. The molecule has 2 aliphatic rings. The van der Waals surface area contributed by atoms with Crippen molar-refractivity contribution in [3.05, 3.63) is 40.1 Å². The van der Waals surface area contributed by atoms with Crippen LogP contribution < -0.4 is 5.43 Å². The first-order valence-electron chi connectivity index (χ1n) is 12.6. The fourth-order valence-corrected chi connectivity index (χ4v) is 5.11. The molecule has 2 fully saturated rings. The summed E-state index contributed by atoms with van der Waals surface area (Å²) in [6.45, 7) is -1.23. The summed E-state index contributed by atoms with van der Waals surface area (Å²) >= 11 is 0. The van der Waals surface area contributed by atoms with Crippen molar-refractivity contribution < 1.29 is 79.9 Å². The van der Waals surface area contributed by atoms with Crippen LogP contribution in [0.25, 0.3) is 22.3 Å². The quantitative estimate of drug-likeness (QED) is 0.128. The minimum atomic E-state index is -3.18. The Morgan fingerprint density at radius 1 is 0.860 bits per heavy atom. The Hall–Kier alpha value is -3.75. The van der Waals surface area contributed by atoms with Gasteiger partial charge >= 0.3 is 0 Å². The second-order valence-electron chi connectivity index (χ2n) is 10.2. The summed E-state index contributed by atoms with van der Waals surface area (Å²) in [6.07, 6.45) is -15.3. The molecule has 17 heteroatoms. The van der Waals surface area contributed by atoms with Crippen LogP contribution >= 0.6 is 0 Å². The van der Waals surface area contributed by atoms with Gasteiger partial charge < -0.3 is 79.9 Å². The molecule has 2 saturated heterocycles. The van der Waals surface area contributed by atoms with Crippen LogP contribution in [0.4, 0.5) is 0 Å². The number of fused-ring (bicyclic) bond motifs is 1. The molecule has 3 unspecified atom stereocenters. The molecule has 234 valence electrons.